The van der Waals surface area contributed by atoms with Crippen molar-refractivity contribution in [1.82, 2.24) is 9.55 Å². The number of fused-ring (bicyclic) bond motifs is 3. The van der Waals surface area contributed by atoms with Crippen molar-refractivity contribution in [3.63, 3.8) is 0 Å². The third-order valence-corrected chi connectivity index (χ3v) is 3.04. The van der Waals surface area contributed by atoms with Gasteiger partial charge < -0.3 is 14.3 Å². The van der Waals surface area contributed by atoms with Gasteiger partial charge in [-0.25, -0.2) is 0 Å². The Hall–Kier alpha value is -2.23. The van der Waals surface area contributed by atoms with Crippen molar-refractivity contribution in [2.24, 2.45) is 7.05 Å². The standard InChI is InChI=1S/C13H12N2O2/c1-15-6-5-10-9-4-3-8(17-2)7-11(9)14-12(10)13(15)16/h3-7,14H,1-2H3. The van der Waals surface area contributed by atoms with Crippen LogP contribution < -0.4 is 10.3 Å². The van der Waals surface area contributed by atoms with Crippen LogP contribution in [-0.2, 0) is 7.05 Å². The smallest absolute Gasteiger partial charge is 0.274 e. The van der Waals surface area contributed by atoms with Crippen LogP contribution in [0, 0.1) is 0 Å². The number of pyridine rings is 1. The maximum absolute atomic E-state index is 12.0. The number of aromatic nitrogens is 2. The summed E-state index contributed by atoms with van der Waals surface area (Å²) in [5.41, 5.74) is 1.54. The molecule has 2 aromatic heterocycles. The van der Waals surface area contributed by atoms with Crippen molar-refractivity contribution >= 4 is 21.8 Å². The van der Waals surface area contributed by atoms with Gasteiger partial charge in [0, 0.05) is 30.1 Å². The van der Waals surface area contributed by atoms with E-state index in [4.69, 9.17) is 4.74 Å². The van der Waals surface area contributed by atoms with Gasteiger partial charge in [0.05, 0.1) is 12.6 Å². The second-order valence-electron chi connectivity index (χ2n) is 4.06. The summed E-state index contributed by atoms with van der Waals surface area (Å²) in [4.78, 5) is 15.1. The summed E-state index contributed by atoms with van der Waals surface area (Å²) in [6, 6.07) is 7.70. The average Bonchev–Trinajstić information content (AvgIpc) is 2.72. The summed E-state index contributed by atoms with van der Waals surface area (Å²) < 4.78 is 6.73. The van der Waals surface area contributed by atoms with Gasteiger partial charge in [-0.3, -0.25) is 4.79 Å². The number of hydrogen-bond donors (Lipinski definition) is 1. The molecule has 0 radical (unpaired) electrons. The fraction of sp³-hybridized carbons (Fsp3) is 0.154. The number of ether oxygens (including phenoxy) is 1. The van der Waals surface area contributed by atoms with Gasteiger partial charge in [0.15, 0.2) is 0 Å². The fourth-order valence-electron chi connectivity index (χ4n) is 2.10. The largest absolute Gasteiger partial charge is 0.497 e. The van der Waals surface area contributed by atoms with Crippen LogP contribution in [0.2, 0.25) is 0 Å². The van der Waals surface area contributed by atoms with Crippen LogP contribution in [0.15, 0.2) is 35.3 Å². The molecule has 0 spiro atoms. The minimum Gasteiger partial charge on any atom is -0.497 e. The predicted molar refractivity (Wildman–Crippen MR) is 67.6 cm³/mol. The Kier molecular flexibility index (Phi) is 1.98. The first-order valence-corrected chi connectivity index (χ1v) is 5.36. The number of nitrogens with one attached hydrogen (secondary N) is 1. The summed E-state index contributed by atoms with van der Waals surface area (Å²) in [5.74, 6) is 0.779. The molecule has 3 rings (SSSR count). The van der Waals surface area contributed by atoms with Crippen LogP contribution in [0.4, 0.5) is 0 Å². The molecule has 0 saturated heterocycles. The van der Waals surface area contributed by atoms with E-state index >= 15 is 0 Å². The first-order chi connectivity index (χ1) is 8.20. The van der Waals surface area contributed by atoms with Gasteiger partial charge >= 0.3 is 0 Å². The van der Waals surface area contributed by atoms with E-state index in [0.29, 0.717) is 5.52 Å². The third-order valence-electron chi connectivity index (χ3n) is 3.04. The van der Waals surface area contributed by atoms with Crippen molar-refractivity contribution in [1.29, 1.82) is 0 Å². The van der Waals surface area contributed by atoms with E-state index in [1.54, 1.807) is 24.9 Å². The molecule has 0 aliphatic carbocycles. The molecule has 0 fully saturated rings. The number of aromatic amines is 1. The number of benzene rings is 1. The molecule has 17 heavy (non-hydrogen) atoms. The molecule has 0 aliphatic heterocycles. The lowest BCUT2D eigenvalue weighted by atomic mass is 10.2. The Bertz CT molecular complexity index is 768. The average molecular weight is 228 g/mol. The second-order valence-corrected chi connectivity index (χ2v) is 4.06. The summed E-state index contributed by atoms with van der Waals surface area (Å²) in [6.07, 6.45) is 1.78. The van der Waals surface area contributed by atoms with Crippen molar-refractivity contribution in [3.05, 3.63) is 40.8 Å². The van der Waals surface area contributed by atoms with Crippen LogP contribution in [-0.4, -0.2) is 16.7 Å². The molecule has 0 bridgehead atoms. The van der Waals surface area contributed by atoms with E-state index in [0.717, 1.165) is 22.0 Å². The van der Waals surface area contributed by atoms with Crippen molar-refractivity contribution in [3.8, 4) is 5.75 Å². The number of nitrogens with zero attached hydrogens (tertiary/aromatic N) is 1. The molecule has 4 heteroatoms. The summed E-state index contributed by atoms with van der Waals surface area (Å²) in [7, 11) is 3.37. The minimum absolute atomic E-state index is 0.0160. The van der Waals surface area contributed by atoms with E-state index in [-0.39, 0.29) is 5.56 Å². The molecule has 0 aliphatic rings. The first kappa shape index (κ1) is 9.96. The van der Waals surface area contributed by atoms with Crippen molar-refractivity contribution in [2.75, 3.05) is 7.11 Å². The maximum Gasteiger partial charge on any atom is 0.274 e. The second kappa shape index (κ2) is 3.38. The number of hydrogen-bond acceptors (Lipinski definition) is 2. The van der Waals surface area contributed by atoms with Gasteiger partial charge in [-0.15, -0.1) is 0 Å². The Balaban J connectivity index is 2.49. The zero-order valence-electron chi connectivity index (χ0n) is 9.65. The van der Waals surface area contributed by atoms with Crippen LogP contribution in [0.5, 0.6) is 5.75 Å². The first-order valence-electron chi connectivity index (χ1n) is 5.36. The van der Waals surface area contributed by atoms with Gasteiger partial charge in [0.25, 0.3) is 5.56 Å². The Morgan fingerprint density at radius 1 is 1.24 bits per heavy atom. The molecule has 1 aromatic carbocycles. The highest BCUT2D eigenvalue weighted by Gasteiger charge is 2.08. The molecule has 1 N–H and O–H groups in total. The van der Waals surface area contributed by atoms with Crippen LogP contribution in [0.25, 0.3) is 21.8 Å². The summed E-state index contributed by atoms with van der Waals surface area (Å²) >= 11 is 0. The van der Waals surface area contributed by atoms with E-state index < -0.39 is 0 Å². The Morgan fingerprint density at radius 3 is 2.82 bits per heavy atom. The van der Waals surface area contributed by atoms with E-state index in [1.807, 2.05) is 24.3 Å². The fourth-order valence-corrected chi connectivity index (χ4v) is 2.10. The number of methoxy groups -OCH3 is 1. The SMILES string of the molecule is COc1ccc2c(c1)[nH]c1c(=O)n(C)ccc12. The predicted octanol–water partition coefficient (Wildman–Crippen LogP) is 2.03. The lowest BCUT2D eigenvalue weighted by Crippen LogP contribution is -2.15. The zero-order valence-corrected chi connectivity index (χ0v) is 9.65. The molecule has 0 unspecified atom stereocenters. The molecule has 2 heterocycles. The highest BCUT2D eigenvalue weighted by atomic mass is 16.5. The van der Waals surface area contributed by atoms with Crippen LogP contribution in [0.1, 0.15) is 0 Å². The number of rotatable bonds is 1. The highest BCUT2D eigenvalue weighted by Crippen LogP contribution is 2.26. The van der Waals surface area contributed by atoms with Gasteiger partial charge in [0.1, 0.15) is 11.3 Å². The summed E-state index contributed by atoms with van der Waals surface area (Å²) in [6.45, 7) is 0. The monoisotopic (exact) mass is 228 g/mol. The topological polar surface area (TPSA) is 47.0 Å². The Labute approximate surface area is 97.4 Å². The third kappa shape index (κ3) is 1.34. The van der Waals surface area contributed by atoms with Gasteiger partial charge in [0.2, 0.25) is 0 Å². The number of H-pyrrole nitrogens is 1. The van der Waals surface area contributed by atoms with Gasteiger partial charge in [-0.05, 0) is 18.2 Å². The molecule has 0 saturated carbocycles. The lowest BCUT2D eigenvalue weighted by molar-refractivity contribution is 0.415. The van der Waals surface area contributed by atoms with E-state index in [1.165, 1.54) is 0 Å². The van der Waals surface area contributed by atoms with E-state index in [2.05, 4.69) is 4.98 Å². The molecule has 0 atom stereocenters. The normalized spacial score (nSPS) is 11.2. The zero-order chi connectivity index (χ0) is 12.0. The Morgan fingerprint density at radius 2 is 2.06 bits per heavy atom. The molecule has 4 nitrogen and oxygen atoms in total. The van der Waals surface area contributed by atoms with Crippen molar-refractivity contribution < 1.29 is 4.74 Å². The van der Waals surface area contributed by atoms with Gasteiger partial charge in [-0.1, -0.05) is 0 Å². The molecule has 0 amide bonds. The van der Waals surface area contributed by atoms with Gasteiger partial charge in [-0.2, -0.15) is 0 Å². The molecular formula is C13H12N2O2. The quantitative estimate of drug-likeness (QED) is 0.692. The molecule has 86 valence electrons. The lowest BCUT2D eigenvalue weighted by Gasteiger charge is -1.98. The van der Waals surface area contributed by atoms with Crippen LogP contribution >= 0.6 is 0 Å². The molecular weight excluding hydrogens is 216 g/mol. The van der Waals surface area contributed by atoms with Crippen LogP contribution in [0.3, 0.4) is 0 Å². The number of aryl methyl sites for hydroxylation is 1. The van der Waals surface area contributed by atoms with Crippen molar-refractivity contribution in [2.45, 2.75) is 0 Å². The minimum atomic E-state index is -0.0160. The van der Waals surface area contributed by atoms with E-state index in [9.17, 15) is 4.79 Å². The summed E-state index contributed by atoms with van der Waals surface area (Å²) in [5, 5.41) is 1.99. The molecule has 3 aromatic rings. The highest BCUT2D eigenvalue weighted by molar-refractivity contribution is 6.07. The maximum atomic E-state index is 12.0.